The van der Waals surface area contributed by atoms with Crippen molar-refractivity contribution in [3.8, 4) is 5.69 Å². The number of nitrogens with one attached hydrogen (secondary N) is 1. The van der Waals surface area contributed by atoms with E-state index in [9.17, 15) is 0 Å². The van der Waals surface area contributed by atoms with Crippen molar-refractivity contribution in [1.29, 1.82) is 0 Å². The Kier molecular flexibility index (Phi) is 3.92. The van der Waals surface area contributed by atoms with E-state index >= 15 is 0 Å². The summed E-state index contributed by atoms with van der Waals surface area (Å²) < 4.78 is 7.36. The molecule has 0 saturated carbocycles. The van der Waals surface area contributed by atoms with Gasteiger partial charge in [0, 0.05) is 18.3 Å². The van der Waals surface area contributed by atoms with Gasteiger partial charge in [-0.25, -0.2) is 4.68 Å². The molecule has 0 amide bonds. The molecule has 20 heavy (non-hydrogen) atoms. The molecule has 0 aliphatic carbocycles. The van der Waals surface area contributed by atoms with E-state index in [2.05, 4.69) is 39.9 Å². The Hall–Kier alpha value is -1.95. The molecule has 1 aromatic heterocycles. The fourth-order valence-electron chi connectivity index (χ4n) is 2.55. The molecule has 1 aromatic carbocycles. The van der Waals surface area contributed by atoms with E-state index in [1.54, 1.807) is 11.0 Å². The van der Waals surface area contributed by atoms with Crippen LogP contribution in [0, 0.1) is 0 Å². The zero-order valence-electron chi connectivity index (χ0n) is 11.6. The van der Waals surface area contributed by atoms with Crippen LogP contribution in [0.25, 0.3) is 5.69 Å². The fraction of sp³-hybridized carbons (Fsp3) is 0.500. The lowest BCUT2D eigenvalue weighted by atomic mass is 10.0. The zero-order chi connectivity index (χ0) is 13.8. The second-order valence-corrected chi connectivity index (χ2v) is 5.07. The SMILES string of the molecule is CCC1CC(Nc2cccc(-n3cnnn3)c2)CCO1. The van der Waals surface area contributed by atoms with Crippen LogP contribution in [0.5, 0.6) is 0 Å². The van der Waals surface area contributed by atoms with Crippen LogP contribution in [-0.2, 0) is 4.74 Å². The van der Waals surface area contributed by atoms with Gasteiger partial charge in [0.2, 0.25) is 0 Å². The quantitative estimate of drug-likeness (QED) is 0.923. The van der Waals surface area contributed by atoms with Crippen molar-refractivity contribution in [2.75, 3.05) is 11.9 Å². The number of benzene rings is 1. The highest BCUT2D eigenvalue weighted by molar-refractivity contribution is 5.51. The highest BCUT2D eigenvalue weighted by atomic mass is 16.5. The van der Waals surface area contributed by atoms with Crippen molar-refractivity contribution in [2.45, 2.75) is 38.3 Å². The third-order valence-electron chi connectivity index (χ3n) is 3.65. The van der Waals surface area contributed by atoms with E-state index in [-0.39, 0.29) is 0 Å². The van der Waals surface area contributed by atoms with Crippen LogP contribution in [0.4, 0.5) is 5.69 Å². The second kappa shape index (κ2) is 6.00. The average molecular weight is 273 g/mol. The molecule has 2 atom stereocenters. The Labute approximate surface area is 118 Å². The minimum atomic E-state index is 0.379. The van der Waals surface area contributed by atoms with Crippen LogP contribution >= 0.6 is 0 Å². The largest absolute Gasteiger partial charge is 0.382 e. The number of hydrogen-bond donors (Lipinski definition) is 1. The predicted octanol–water partition coefficient (Wildman–Crippen LogP) is 2.03. The molecule has 1 aliphatic rings. The van der Waals surface area contributed by atoms with Gasteiger partial charge >= 0.3 is 0 Å². The van der Waals surface area contributed by atoms with Crippen molar-refractivity contribution < 1.29 is 4.74 Å². The normalized spacial score (nSPS) is 22.6. The summed E-state index contributed by atoms with van der Waals surface area (Å²) >= 11 is 0. The minimum Gasteiger partial charge on any atom is -0.382 e. The van der Waals surface area contributed by atoms with E-state index in [4.69, 9.17) is 4.74 Å². The molecule has 2 heterocycles. The van der Waals surface area contributed by atoms with Crippen molar-refractivity contribution >= 4 is 5.69 Å². The fourth-order valence-corrected chi connectivity index (χ4v) is 2.55. The number of hydrogen-bond acceptors (Lipinski definition) is 5. The lowest BCUT2D eigenvalue weighted by Gasteiger charge is -2.30. The van der Waals surface area contributed by atoms with Crippen LogP contribution in [-0.4, -0.2) is 39.0 Å². The third kappa shape index (κ3) is 2.96. The maximum atomic E-state index is 5.71. The Morgan fingerprint density at radius 3 is 3.20 bits per heavy atom. The minimum absolute atomic E-state index is 0.379. The maximum absolute atomic E-state index is 5.71. The summed E-state index contributed by atoms with van der Waals surface area (Å²) in [5, 5.41) is 14.8. The molecular weight excluding hydrogens is 254 g/mol. The summed E-state index contributed by atoms with van der Waals surface area (Å²) in [6.07, 6.45) is 5.16. The topological polar surface area (TPSA) is 64.9 Å². The van der Waals surface area contributed by atoms with Gasteiger partial charge in [-0.05, 0) is 47.9 Å². The van der Waals surface area contributed by atoms with Gasteiger partial charge in [0.05, 0.1) is 11.8 Å². The summed E-state index contributed by atoms with van der Waals surface area (Å²) in [7, 11) is 0. The van der Waals surface area contributed by atoms with Gasteiger partial charge in [-0.2, -0.15) is 0 Å². The van der Waals surface area contributed by atoms with Gasteiger partial charge in [0.25, 0.3) is 0 Å². The number of anilines is 1. The highest BCUT2D eigenvalue weighted by Crippen LogP contribution is 2.21. The van der Waals surface area contributed by atoms with Gasteiger partial charge < -0.3 is 10.1 Å². The summed E-state index contributed by atoms with van der Waals surface area (Å²) in [6.45, 7) is 3.01. The van der Waals surface area contributed by atoms with Crippen molar-refractivity contribution in [3.05, 3.63) is 30.6 Å². The molecule has 0 radical (unpaired) electrons. The Balaban J connectivity index is 1.70. The van der Waals surface area contributed by atoms with Crippen molar-refractivity contribution in [3.63, 3.8) is 0 Å². The van der Waals surface area contributed by atoms with Crippen LogP contribution in [0.15, 0.2) is 30.6 Å². The smallest absolute Gasteiger partial charge is 0.143 e. The standard InChI is InChI=1S/C14H19N5O/c1-2-14-9-12(6-7-20-14)16-11-4-3-5-13(8-11)19-10-15-17-18-19/h3-5,8,10,12,14,16H,2,6-7,9H2,1H3. The number of aromatic nitrogens is 4. The first-order valence-electron chi connectivity index (χ1n) is 7.06. The number of tetrazole rings is 1. The van der Waals surface area contributed by atoms with E-state index in [0.717, 1.165) is 37.2 Å². The van der Waals surface area contributed by atoms with Gasteiger partial charge in [0.15, 0.2) is 0 Å². The van der Waals surface area contributed by atoms with Gasteiger partial charge in [0.1, 0.15) is 6.33 Å². The second-order valence-electron chi connectivity index (χ2n) is 5.07. The number of rotatable bonds is 4. The average Bonchev–Trinajstić information content (AvgIpc) is 3.02. The molecule has 6 heteroatoms. The third-order valence-corrected chi connectivity index (χ3v) is 3.65. The zero-order valence-corrected chi connectivity index (χ0v) is 11.6. The van der Waals surface area contributed by atoms with Crippen molar-refractivity contribution in [2.24, 2.45) is 0 Å². The first kappa shape index (κ1) is 13.1. The molecule has 1 saturated heterocycles. The van der Waals surface area contributed by atoms with Crippen LogP contribution in [0.1, 0.15) is 26.2 Å². The molecule has 2 unspecified atom stereocenters. The molecule has 1 aliphatic heterocycles. The summed E-state index contributed by atoms with van der Waals surface area (Å²) in [4.78, 5) is 0. The van der Waals surface area contributed by atoms with E-state index in [1.165, 1.54) is 0 Å². The van der Waals surface area contributed by atoms with E-state index in [0.29, 0.717) is 12.1 Å². The Morgan fingerprint density at radius 1 is 1.45 bits per heavy atom. The van der Waals surface area contributed by atoms with E-state index < -0.39 is 0 Å². The lowest BCUT2D eigenvalue weighted by Crippen LogP contribution is -2.33. The summed E-state index contributed by atoms with van der Waals surface area (Å²) in [5.41, 5.74) is 2.05. The van der Waals surface area contributed by atoms with Gasteiger partial charge in [-0.15, -0.1) is 5.10 Å². The molecule has 106 valence electrons. The molecule has 1 N–H and O–H groups in total. The molecule has 0 bridgehead atoms. The lowest BCUT2D eigenvalue weighted by molar-refractivity contribution is 0.00926. The monoisotopic (exact) mass is 273 g/mol. The molecule has 3 rings (SSSR count). The number of nitrogens with zero attached hydrogens (tertiary/aromatic N) is 4. The molecular formula is C14H19N5O. The first-order valence-corrected chi connectivity index (χ1v) is 7.06. The predicted molar refractivity (Wildman–Crippen MR) is 75.8 cm³/mol. The van der Waals surface area contributed by atoms with Gasteiger partial charge in [-0.3, -0.25) is 0 Å². The van der Waals surface area contributed by atoms with Crippen LogP contribution in [0.2, 0.25) is 0 Å². The number of ether oxygens (including phenoxy) is 1. The van der Waals surface area contributed by atoms with Crippen LogP contribution in [0.3, 0.4) is 0 Å². The van der Waals surface area contributed by atoms with E-state index in [1.807, 2.05) is 12.1 Å². The summed E-state index contributed by atoms with van der Waals surface area (Å²) in [6, 6.07) is 8.60. The Morgan fingerprint density at radius 2 is 2.40 bits per heavy atom. The molecule has 0 spiro atoms. The molecule has 2 aromatic rings. The first-order chi connectivity index (χ1) is 9.85. The maximum Gasteiger partial charge on any atom is 0.143 e. The van der Waals surface area contributed by atoms with Crippen molar-refractivity contribution in [1.82, 2.24) is 20.2 Å². The molecule has 6 nitrogen and oxygen atoms in total. The highest BCUT2D eigenvalue weighted by Gasteiger charge is 2.21. The van der Waals surface area contributed by atoms with Crippen LogP contribution < -0.4 is 5.32 Å². The summed E-state index contributed by atoms with van der Waals surface area (Å²) in [5.74, 6) is 0. The van der Waals surface area contributed by atoms with Gasteiger partial charge in [-0.1, -0.05) is 13.0 Å². The Bertz CT molecular complexity index is 542. The molecule has 1 fully saturated rings.